The van der Waals surface area contributed by atoms with Crippen LogP contribution in [0.4, 0.5) is 0 Å². The lowest BCUT2D eigenvalue weighted by molar-refractivity contribution is -0.110. The molecule has 0 atom stereocenters. The SMILES string of the molecule is Cc1ccc(C)c(S(=O)(=O)N=C2C=CC(=O)C(Cl)=C2)c1. The van der Waals surface area contributed by atoms with Gasteiger partial charge in [-0.2, -0.15) is 12.8 Å². The van der Waals surface area contributed by atoms with Crippen LogP contribution in [0.5, 0.6) is 0 Å². The summed E-state index contributed by atoms with van der Waals surface area (Å²) >= 11 is 5.68. The predicted molar refractivity (Wildman–Crippen MR) is 78.6 cm³/mol. The monoisotopic (exact) mass is 309 g/mol. The van der Waals surface area contributed by atoms with Gasteiger partial charge in [0.15, 0.2) is 5.78 Å². The van der Waals surface area contributed by atoms with Gasteiger partial charge < -0.3 is 0 Å². The Bertz CT molecular complexity index is 774. The molecule has 1 aromatic rings. The van der Waals surface area contributed by atoms with Gasteiger partial charge in [0.2, 0.25) is 0 Å². The number of benzene rings is 1. The Kier molecular flexibility index (Phi) is 3.92. The zero-order valence-corrected chi connectivity index (χ0v) is 12.5. The van der Waals surface area contributed by atoms with Crippen LogP contribution in [0.3, 0.4) is 0 Å². The van der Waals surface area contributed by atoms with E-state index in [1.165, 1.54) is 18.2 Å². The van der Waals surface area contributed by atoms with Crippen LogP contribution in [0.1, 0.15) is 11.1 Å². The summed E-state index contributed by atoms with van der Waals surface area (Å²) < 4.78 is 28.3. The second-order valence-corrected chi connectivity index (χ2v) is 6.43. The Labute approximate surface area is 122 Å². The molecule has 0 radical (unpaired) electrons. The maximum atomic E-state index is 12.3. The first-order valence-corrected chi connectivity index (χ1v) is 7.63. The number of carbonyl (C=O) groups is 1. The second-order valence-electron chi connectivity index (χ2n) is 4.45. The first-order chi connectivity index (χ1) is 9.29. The van der Waals surface area contributed by atoms with E-state index in [1.807, 2.05) is 13.0 Å². The summed E-state index contributed by atoms with van der Waals surface area (Å²) in [5.41, 5.74) is 1.58. The molecular formula is C14H12ClNO3S. The summed E-state index contributed by atoms with van der Waals surface area (Å²) in [5.74, 6) is -0.366. The topological polar surface area (TPSA) is 63.6 Å². The summed E-state index contributed by atoms with van der Waals surface area (Å²) in [6.45, 7) is 3.51. The maximum absolute atomic E-state index is 12.3. The highest BCUT2D eigenvalue weighted by Gasteiger charge is 2.18. The van der Waals surface area contributed by atoms with E-state index in [0.717, 1.165) is 5.56 Å². The lowest BCUT2D eigenvalue weighted by atomic mass is 10.2. The summed E-state index contributed by atoms with van der Waals surface area (Å²) in [6.07, 6.45) is 3.77. The van der Waals surface area contributed by atoms with E-state index < -0.39 is 10.0 Å². The first-order valence-electron chi connectivity index (χ1n) is 5.81. The van der Waals surface area contributed by atoms with Crippen LogP contribution in [-0.2, 0) is 14.8 Å². The molecule has 4 nitrogen and oxygen atoms in total. The fourth-order valence-corrected chi connectivity index (χ4v) is 3.19. The first kappa shape index (κ1) is 14.7. The van der Waals surface area contributed by atoms with E-state index in [1.54, 1.807) is 19.1 Å². The van der Waals surface area contributed by atoms with E-state index in [-0.39, 0.29) is 21.4 Å². The second kappa shape index (κ2) is 5.34. The number of carbonyl (C=O) groups excluding carboxylic acids is 1. The smallest absolute Gasteiger partial charge is 0.283 e. The van der Waals surface area contributed by atoms with Crippen molar-refractivity contribution in [3.05, 3.63) is 52.6 Å². The molecule has 0 fully saturated rings. The molecule has 0 aromatic heterocycles. The normalized spacial score (nSPS) is 17.4. The molecule has 0 amide bonds. The zero-order chi connectivity index (χ0) is 14.9. The highest BCUT2D eigenvalue weighted by molar-refractivity contribution is 7.90. The van der Waals surface area contributed by atoms with Crippen LogP contribution in [0, 0.1) is 13.8 Å². The highest BCUT2D eigenvalue weighted by Crippen LogP contribution is 2.20. The number of rotatable bonds is 2. The Hall–Kier alpha value is -1.72. The molecule has 0 saturated carbocycles. The molecule has 1 aromatic carbocycles. The Morgan fingerprint density at radius 1 is 1.15 bits per heavy atom. The summed E-state index contributed by atoms with van der Waals surface area (Å²) in [4.78, 5) is 11.3. The third-order valence-electron chi connectivity index (χ3n) is 2.76. The number of sulfonamides is 1. The van der Waals surface area contributed by atoms with Crippen molar-refractivity contribution in [2.75, 3.05) is 0 Å². The number of hydrogen-bond donors (Lipinski definition) is 0. The summed E-state index contributed by atoms with van der Waals surface area (Å²) in [6, 6.07) is 5.13. The van der Waals surface area contributed by atoms with Crippen molar-refractivity contribution in [1.82, 2.24) is 0 Å². The number of ketones is 1. The molecule has 104 valence electrons. The average Bonchev–Trinajstić information content (AvgIpc) is 2.36. The quantitative estimate of drug-likeness (QED) is 0.789. The Morgan fingerprint density at radius 3 is 2.50 bits per heavy atom. The van der Waals surface area contributed by atoms with Gasteiger partial charge in [-0.1, -0.05) is 23.7 Å². The highest BCUT2D eigenvalue weighted by atomic mass is 35.5. The van der Waals surface area contributed by atoms with Gasteiger partial charge in [-0.3, -0.25) is 4.79 Å². The van der Waals surface area contributed by atoms with Crippen molar-refractivity contribution in [3.8, 4) is 0 Å². The maximum Gasteiger partial charge on any atom is 0.283 e. The number of halogens is 1. The molecular weight excluding hydrogens is 298 g/mol. The van der Waals surface area contributed by atoms with Crippen LogP contribution in [-0.4, -0.2) is 19.9 Å². The van der Waals surface area contributed by atoms with Crippen molar-refractivity contribution in [3.63, 3.8) is 0 Å². The van der Waals surface area contributed by atoms with Crippen LogP contribution in [0.15, 0.2) is 50.8 Å². The Morgan fingerprint density at radius 2 is 1.85 bits per heavy atom. The van der Waals surface area contributed by atoms with Crippen molar-refractivity contribution in [2.24, 2.45) is 4.40 Å². The minimum atomic E-state index is -3.83. The van der Waals surface area contributed by atoms with Gasteiger partial charge in [-0.25, -0.2) is 0 Å². The predicted octanol–water partition coefficient (Wildman–Crippen LogP) is 2.69. The van der Waals surface area contributed by atoms with Crippen LogP contribution >= 0.6 is 11.6 Å². The molecule has 0 aliphatic heterocycles. The summed E-state index contributed by atoms with van der Waals surface area (Å²) in [7, 11) is -3.83. The molecule has 0 bridgehead atoms. The molecule has 0 spiro atoms. The third-order valence-corrected chi connectivity index (χ3v) is 4.50. The van der Waals surface area contributed by atoms with Crippen LogP contribution in [0.25, 0.3) is 0 Å². The van der Waals surface area contributed by atoms with Gasteiger partial charge in [0.05, 0.1) is 15.6 Å². The third kappa shape index (κ3) is 3.05. The molecule has 1 aliphatic carbocycles. The fourth-order valence-electron chi connectivity index (χ4n) is 1.72. The van der Waals surface area contributed by atoms with E-state index in [4.69, 9.17) is 11.6 Å². The molecule has 0 unspecified atom stereocenters. The van der Waals surface area contributed by atoms with Gasteiger partial charge in [0.25, 0.3) is 10.0 Å². The van der Waals surface area contributed by atoms with Gasteiger partial charge in [-0.05, 0) is 49.3 Å². The van der Waals surface area contributed by atoms with E-state index >= 15 is 0 Å². The largest absolute Gasteiger partial charge is 0.288 e. The van der Waals surface area contributed by atoms with Crippen molar-refractivity contribution in [2.45, 2.75) is 18.7 Å². The number of aryl methyl sites for hydroxylation is 2. The molecule has 0 saturated heterocycles. The van der Waals surface area contributed by atoms with Crippen LogP contribution in [0.2, 0.25) is 0 Å². The van der Waals surface area contributed by atoms with E-state index in [9.17, 15) is 13.2 Å². The average molecular weight is 310 g/mol. The zero-order valence-electron chi connectivity index (χ0n) is 10.9. The van der Waals surface area contributed by atoms with Gasteiger partial charge in [0, 0.05) is 0 Å². The van der Waals surface area contributed by atoms with Crippen molar-refractivity contribution >= 4 is 33.1 Å². The minimum absolute atomic E-state index is 0.0533. The lowest BCUT2D eigenvalue weighted by Gasteiger charge is -2.06. The molecule has 0 heterocycles. The lowest BCUT2D eigenvalue weighted by Crippen LogP contribution is -2.08. The molecule has 1 aliphatic rings. The number of nitrogens with zero attached hydrogens (tertiary/aromatic N) is 1. The van der Waals surface area contributed by atoms with E-state index in [0.29, 0.717) is 5.56 Å². The van der Waals surface area contributed by atoms with E-state index in [2.05, 4.69) is 4.40 Å². The van der Waals surface area contributed by atoms with Crippen molar-refractivity contribution < 1.29 is 13.2 Å². The summed E-state index contributed by atoms with van der Waals surface area (Å²) in [5, 5.41) is -0.0533. The minimum Gasteiger partial charge on any atom is -0.288 e. The molecule has 0 N–H and O–H groups in total. The van der Waals surface area contributed by atoms with Gasteiger partial charge in [0.1, 0.15) is 0 Å². The van der Waals surface area contributed by atoms with Crippen LogP contribution < -0.4 is 0 Å². The standard InChI is InChI=1S/C14H12ClNO3S/c1-9-3-4-10(2)14(7-9)20(18,19)16-11-5-6-13(17)12(15)8-11/h3-8H,1-2H3. The van der Waals surface area contributed by atoms with Gasteiger partial charge >= 0.3 is 0 Å². The fraction of sp³-hybridized carbons (Fsp3) is 0.143. The molecule has 20 heavy (non-hydrogen) atoms. The van der Waals surface area contributed by atoms with Gasteiger partial charge in [-0.15, -0.1) is 0 Å². The van der Waals surface area contributed by atoms with Crippen molar-refractivity contribution in [1.29, 1.82) is 0 Å². The molecule has 6 heteroatoms. The number of hydrogen-bond acceptors (Lipinski definition) is 3. The molecule has 2 rings (SSSR count). The number of allylic oxidation sites excluding steroid dienone is 4. The Balaban J connectivity index is 2.50.